The number of amides is 1. The summed E-state index contributed by atoms with van der Waals surface area (Å²) in [5.41, 5.74) is 2.56. The van der Waals surface area contributed by atoms with Gasteiger partial charge in [-0.1, -0.05) is 17.3 Å². The Labute approximate surface area is 176 Å². The van der Waals surface area contributed by atoms with Crippen molar-refractivity contribution in [2.45, 2.75) is 13.3 Å². The van der Waals surface area contributed by atoms with E-state index in [4.69, 9.17) is 18.9 Å². The predicted octanol–water partition coefficient (Wildman–Crippen LogP) is 3.65. The quantitative estimate of drug-likeness (QED) is 0.471. The molecule has 1 aromatic carbocycles. The maximum atomic E-state index is 12.7. The van der Waals surface area contributed by atoms with E-state index < -0.39 is 18.5 Å². The first-order chi connectivity index (χ1) is 15.0. The number of aryl methyl sites for hydroxylation is 1. The molecule has 154 valence electrons. The number of carbonyl (C=O) groups is 2. The molecule has 31 heavy (non-hydrogen) atoms. The Morgan fingerprint density at radius 2 is 2.03 bits per heavy atom. The minimum absolute atomic E-state index is 0.167. The fourth-order valence-electron chi connectivity index (χ4n) is 3.01. The molecule has 0 fully saturated rings. The minimum Gasteiger partial charge on any atom is -0.463 e. The molecule has 0 unspecified atom stereocenters. The molecule has 0 aliphatic carbocycles. The van der Waals surface area contributed by atoms with E-state index in [1.54, 1.807) is 43.3 Å². The molecule has 3 heterocycles. The molecular weight excluding hydrogens is 400 g/mol. The zero-order valence-corrected chi connectivity index (χ0v) is 16.4. The number of pyridine rings is 1. The molecule has 0 radical (unpaired) electrons. The first-order valence-corrected chi connectivity index (χ1v) is 9.29. The number of anilines is 1. The van der Waals surface area contributed by atoms with Crippen LogP contribution < -0.4 is 5.32 Å². The van der Waals surface area contributed by atoms with Gasteiger partial charge in [0.15, 0.2) is 12.4 Å². The lowest BCUT2D eigenvalue weighted by Gasteiger charge is -2.08. The Morgan fingerprint density at radius 1 is 1.23 bits per heavy atom. The number of nitrogens with zero attached hydrogens (tertiary/aromatic N) is 3. The third-order valence-electron chi connectivity index (χ3n) is 4.47. The van der Waals surface area contributed by atoms with Crippen LogP contribution in [0, 0.1) is 18.3 Å². The number of nitriles is 1. The third-order valence-corrected chi connectivity index (χ3v) is 4.47. The average Bonchev–Trinajstić information content (AvgIpc) is 3.43. The summed E-state index contributed by atoms with van der Waals surface area (Å²) in [7, 11) is 0. The molecule has 9 nitrogen and oxygen atoms in total. The Morgan fingerprint density at radius 3 is 2.74 bits per heavy atom. The molecule has 0 aliphatic heterocycles. The normalized spacial score (nSPS) is 10.6. The van der Waals surface area contributed by atoms with Gasteiger partial charge in [-0.05, 0) is 42.8 Å². The van der Waals surface area contributed by atoms with Crippen LogP contribution in [-0.4, -0.2) is 28.6 Å². The van der Waals surface area contributed by atoms with Crippen molar-refractivity contribution in [1.29, 1.82) is 5.26 Å². The molecule has 9 heteroatoms. The first kappa shape index (κ1) is 19.8. The second-order valence-electron chi connectivity index (χ2n) is 6.64. The highest BCUT2D eigenvalue weighted by Gasteiger charge is 2.22. The number of furan rings is 1. The number of nitrogens with one attached hydrogen (secondary N) is 1. The predicted molar refractivity (Wildman–Crippen MR) is 109 cm³/mol. The number of carbonyl (C=O) groups excluding carboxylic acids is 2. The topological polar surface area (TPSA) is 131 Å². The lowest BCUT2D eigenvalue weighted by atomic mass is 10.1. The summed E-state index contributed by atoms with van der Waals surface area (Å²) < 4.78 is 15.7. The van der Waals surface area contributed by atoms with Crippen molar-refractivity contribution >= 4 is 28.7 Å². The Bertz CT molecular complexity index is 1280. The maximum absolute atomic E-state index is 12.7. The van der Waals surface area contributed by atoms with Crippen LogP contribution in [0.5, 0.6) is 0 Å². The number of ether oxygens (including phenoxy) is 1. The zero-order valence-electron chi connectivity index (χ0n) is 16.4. The van der Waals surface area contributed by atoms with E-state index in [-0.39, 0.29) is 17.7 Å². The molecule has 0 spiro atoms. The summed E-state index contributed by atoms with van der Waals surface area (Å²) in [5.74, 6) is -0.770. The molecule has 0 bridgehead atoms. The number of benzene rings is 1. The van der Waals surface area contributed by atoms with E-state index in [1.165, 1.54) is 12.3 Å². The van der Waals surface area contributed by atoms with Gasteiger partial charge >= 0.3 is 5.97 Å². The molecule has 3 aromatic heterocycles. The molecule has 0 saturated heterocycles. The van der Waals surface area contributed by atoms with Crippen LogP contribution in [-0.2, 0) is 16.0 Å². The number of fused-ring (bicyclic) bond motifs is 1. The zero-order chi connectivity index (χ0) is 21.8. The summed E-state index contributed by atoms with van der Waals surface area (Å²) in [6, 6.07) is 13.8. The fourth-order valence-corrected chi connectivity index (χ4v) is 3.01. The van der Waals surface area contributed by atoms with E-state index in [1.807, 2.05) is 0 Å². The van der Waals surface area contributed by atoms with Crippen molar-refractivity contribution in [2.75, 3.05) is 11.9 Å². The van der Waals surface area contributed by atoms with Gasteiger partial charge < -0.3 is 19.0 Å². The van der Waals surface area contributed by atoms with Crippen molar-refractivity contribution < 1.29 is 23.3 Å². The Hall–Kier alpha value is -4.45. The Kier molecular flexibility index (Phi) is 5.45. The standard InChI is InChI=1S/C22H16N4O5/c1-13-20-16(11-17(18-3-2-10-29-18)25-21(20)31-26-13)22(28)30-12-19(27)24-15-6-4-14(5-7-15)8-9-23/h2-7,10-11H,8,12H2,1H3,(H,24,27). The number of hydrogen-bond donors (Lipinski definition) is 1. The summed E-state index contributed by atoms with van der Waals surface area (Å²) in [4.78, 5) is 29.3. The van der Waals surface area contributed by atoms with Crippen molar-refractivity contribution in [2.24, 2.45) is 0 Å². The summed E-state index contributed by atoms with van der Waals surface area (Å²) >= 11 is 0. The van der Waals surface area contributed by atoms with Gasteiger partial charge in [0.1, 0.15) is 5.69 Å². The van der Waals surface area contributed by atoms with Crippen LogP contribution in [0.1, 0.15) is 21.6 Å². The maximum Gasteiger partial charge on any atom is 0.339 e. The van der Waals surface area contributed by atoms with E-state index in [0.717, 1.165) is 5.56 Å². The van der Waals surface area contributed by atoms with Gasteiger partial charge in [0.25, 0.3) is 11.6 Å². The van der Waals surface area contributed by atoms with E-state index in [0.29, 0.717) is 28.2 Å². The lowest BCUT2D eigenvalue weighted by molar-refractivity contribution is -0.119. The van der Waals surface area contributed by atoms with Crippen molar-refractivity contribution in [3.63, 3.8) is 0 Å². The second kappa shape index (κ2) is 8.51. The van der Waals surface area contributed by atoms with Crippen LogP contribution in [0.4, 0.5) is 5.69 Å². The molecule has 1 N–H and O–H groups in total. The van der Waals surface area contributed by atoms with Crippen LogP contribution in [0.25, 0.3) is 22.6 Å². The molecule has 0 aliphatic rings. The molecule has 4 rings (SSSR count). The number of aromatic nitrogens is 2. The number of esters is 1. The molecule has 0 atom stereocenters. The van der Waals surface area contributed by atoms with Gasteiger partial charge in [0.2, 0.25) is 0 Å². The third kappa shape index (κ3) is 4.28. The monoisotopic (exact) mass is 416 g/mol. The fraction of sp³-hybridized carbons (Fsp3) is 0.136. The number of rotatable bonds is 6. The Balaban J connectivity index is 1.48. The SMILES string of the molecule is Cc1noc2nc(-c3ccco3)cc(C(=O)OCC(=O)Nc3ccc(CC#N)cc3)c12. The van der Waals surface area contributed by atoms with E-state index in [2.05, 4.69) is 21.5 Å². The average molecular weight is 416 g/mol. The van der Waals surface area contributed by atoms with Crippen molar-refractivity contribution in [1.82, 2.24) is 10.1 Å². The molecular formula is C22H16N4O5. The first-order valence-electron chi connectivity index (χ1n) is 9.29. The minimum atomic E-state index is -0.717. The van der Waals surface area contributed by atoms with Gasteiger partial charge in [0, 0.05) is 5.69 Å². The highest BCUT2D eigenvalue weighted by molar-refractivity contribution is 6.05. The summed E-state index contributed by atoms with van der Waals surface area (Å²) in [6.07, 6.45) is 1.77. The van der Waals surface area contributed by atoms with E-state index in [9.17, 15) is 9.59 Å². The van der Waals surface area contributed by atoms with Crippen molar-refractivity contribution in [3.05, 3.63) is 65.5 Å². The second-order valence-corrected chi connectivity index (χ2v) is 6.64. The summed E-state index contributed by atoms with van der Waals surface area (Å²) in [6.45, 7) is 1.20. The molecule has 4 aromatic rings. The summed E-state index contributed by atoms with van der Waals surface area (Å²) in [5, 5.41) is 15.6. The van der Waals surface area contributed by atoms with Gasteiger partial charge in [-0.2, -0.15) is 5.26 Å². The lowest BCUT2D eigenvalue weighted by Crippen LogP contribution is -2.21. The van der Waals surface area contributed by atoms with Gasteiger partial charge in [-0.15, -0.1) is 0 Å². The smallest absolute Gasteiger partial charge is 0.339 e. The highest BCUT2D eigenvalue weighted by atomic mass is 16.5. The molecule has 1 amide bonds. The van der Waals surface area contributed by atoms with Crippen molar-refractivity contribution in [3.8, 4) is 17.5 Å². The van der Waals surface area contributed by atoms with Crippen LogP contribution in [0.15, 0.2) is 57.7 Å². The van der Waals surface area contributed by atoms with E-state index >= 15 is 0 Å². The van der Waals surface area contributed by atoms with Crippen LogP contribution in [0.3, 0.4) is 0 Å². The van der Waals surface area contributed by atoms with Crippen LogP contribution >= 0.6 is 0 Å². The van der Waals surface area contributed by atoms with Crippen LogP contribution in [0.2, 0.25) is 0 Å². The largest absolute Gasteiger partial charge is 0.463 e. The highest BCUT2D eigenvalue weighted by Crippen LogP contribution is 2.27. The number of hydrogen-bond acceptors (Lipinski definition) is 8. The van der Waals surface area contributed by atoms with Gasteiger partial charge in [-0.3, -0.25) is 4.79 Å². The molecule has 0 saturated carbocycles. The van der Waals surface area contributed by atoms with Gasteiger partial charge in [-0.25, -0.2) is 9.78 Å². The van der Waals surface area contributed by atoms with Gasteiger partial charge in [0.05, 0.1) is 35.4 Å².